The second-order valence-electron chi connectivity index (χ2n) is 5.20. The molecule has 1 aromatic carbocycles. The minimum atomic E-state index is 0.323. The molecule has 0 saturated heterocycles. The Balaban J connectivity index is 1.68. The highest BCUT2D eigenvalue weighted by Crippen LogP contribution is 2.32. The average molecular weight is 283 g/mol. The molecule has 1 fully saturated rings. The van der Waals surface area contributed by atoms with Crippen LogP contribution in [0.5, 0.6) is 11.5 Å². The van der Waals surface area contributed by atoms with Crippen LogP contribution in [0.1, 0.15) is 38.5 Å². The molecule has 3 heteroatoms. The summed E-state index contributed by atoms with van der Waals surface area (Å²) in [6, 6.07) is 7.76. The minimum Gasteiger partial charge on any atom is -0.493 e. The van der Waals surface area contributed by atoms with E-state index in [9.17, 15) is 0 Å². The number of para-hydroxylation sites is 2. The van der Waals surface area contributed by atoms with Crippen LogP contribution < -0.4 is 9.47 Å². The van der Waals surface area contributed by atoms with E-state index in [0.717, 1.165) is 30.3 Å². The van der Waals surface area contributed by atoms with Crippen LogP contribution >= 0.6 is 11.6 Å². The maximum atomic E-state index is 6.45. The van der Waals surface area contributed by atoms with Crippen molar-refractivity contribution in [2.75, 3.05) is 13.7 Å². The Labute approximate surface area is 121 Å². The summed E-state index contributed by atoms with van der Waals surface area (Å²) in [6.45, 7) is 0.705. The zero-order chi connectivity index (χ0) is 13.5. The summed E-state index contributed by atoms with van der Waals surface area (Å²) in [7, 11) is 1.66. The Hall–Kier alpha value is -0.890. The number of halogens is 1. The highest BCUT2D eigenvalue weighted by atomic mass is 35.5. The third kappa shape index (κ3) is 4.31. The fourth-order valence-electron chi connectivity index (χ4n) is 2.75. The van der Waals surface area contributed by atoms with E-state index < -0.39 is 0 Å². The van der Waals surface area contributed by atoms with Gasteiger partial charge in [-0.05, 0) is 43.7 Å². The normalized spacial score (nSPS) is 17.4. The smallest absolute Gasteiger partial charge is 0.161 e. The molecule has 106 valence electrons. The van der Waals surface area contributed by atoms with Crippen molar-refractivity contribution in [3.05, 3.63) is 24.3 Å². The average Bonchev–Trinajstić information content (AvgIpc) is 2.98. The Morgan fingerprint density at radius 3 is 2.58 bits per heavy atom. The van der Waals surface area contributed by atoms with Gasteiger partial charge in [0.05, 0.1) is 13.7 Å². The van der Waals surface area contributed by atoms with Gasteiger partial charge in [0.2, 0.25) is 0 Å². The molecule has 0 N–H and O–H groups in total. The lowest BCUT2D eigenvalue weighted by Crippen LogP contribution is -2.12. The molecule has 19 heavy (non-hydrogen) atoms. The first kappa shape index (κ1) is 14.5. The molecule has 1 saturated carbocycles. The number of rotatable bonds is 7. The summed E-state index contributed by atoms with van der Waals surface area (Å²) >= 11 is 6.45. The Morgan fingerprint density at radius 1 is 1.21 bits per heavy atom. The quantitative estimate of drug-likeness (QED) is 0.535. The van der Waals surface area contributed by atoms with Crippen LogP contribution in [-0.4, -0.2) is 19.1 Å². The molecule has 0 spiro atoms. The summed E-state index contributed by atoms with van der Waals surface area (Å²) in [5.41, 5.74) is 0. The number of ether oxygens (including phenoxy) is 2. The summed E-state index contributed by atoms with van der Waals surface area (Å²) in [5.74, 6) is 2.34. The zero-order valence-electron chi connectivity index (χ0n) is 11.6. The molecule has 2 nitrogen and oxygen atoms in total. The first-order valence-electron chi connectivity index (χ1n) is 7.21. The second-order valence-corrected chi connectivity index (χ2v) is 5.76. The van der Waals surface area contributed by atoms with Gasteiger partial charge in [-0.25, -0.2) is 0 Å². The monoisotopic (exact) mass is 282 g/mol. The van der Waals surface area contributed by atoms with Crippen LogP contribution in [0, 0.1) is 5.92 Å². The van der Waals surface area contributed by atoms with Crippen molar-refractivity contribution in [1.29, 1.82) is 0 Å². The Bertz CT molecular complexity index is 375. The molecule has 0 radical (unpaired) electrons. The van der Waals surface area contributed by atoms with E-state index in [4.69, 9.17) is 21.1 Å². The predicted molar refractivity (Wildman–Crippen MR) is 79.3 cm³/mol. The summed E-state index contributed by atoms with van der Waals surface area (Å²) in [5, 5.41) is 0.323. The number of methoxy groups -OCH3 is 1. The molecule has 1 aliphatic rings. The van der Waals surface area contributed by atoms with E-state index in [2.05, 4.69) is 0 Å². The van der Waals surface area contributed by atoms with Crippen LogP contribution in [-0.2, 0) is 0 Å². The maximum Gasteiger partial charge on any atom is 0.161 e. The number of hydrogen-bond donors (Lipinski definition) is 0. The topological polar surface area (TPSA) is 18.5 Å². The molecular formula is C16H23ClO2. The van der Waals surface area contributed by atoms with Gasteiger partial charge >= 0.3 is 0 Å². The highest BCUT2D eigenvalue weighted by molar-refractivity contribution is 6.20. The first-order valence-corrected chi connectivity index (χ1v) is 7.65. The minimum absolute atomic E-state index is 0.323. The van der Waals surface area contributed by atoms with Gasteiger partial charge in [-0.2, -0.15) is 0 Å². The lowest BCUT2D eigenvalue weighted by Gasteiger charge is -2.16. The van der Waals surface area contributed by atoms with E-state index >= 15 is 0 Å². The number of hydrogen-bond acceptors (Lipinski definition) is 2. The van der Waals surface area contributed by atoms with Crippen LogP contribution in [0.3, 0.4) is 0 Å². The molecule has 0 amide bonds. The van der Waals surface area contributed by atoms with Crippen molar-refractivity contribution in [3.63, 3.8) is 0 Å². The molecule has 0 heterocycles. The van der Waals surface area contributed by atoms with Crippen LogP contribution in [0.15, 0.2) is 24.3 Å². The van der Waals surface area contributed by atoms with Gasteiger partial charge in [-0.1, -0.05) is 25.0 Å². The Kier molecular flexibility index (Phi) is 5.84. The third-order valence-corrected chi connectivity index (χ3v) is 4.44. The van der Waals surface area contributed by atoms with Crippen LogP contribution in [0.4, 0.5) is 0 Å². The number of benzene rings is 1. The first-order chi connectivity index (χ1) is 9.31. The van der Waals surface area contributed by atoms with E-state index in [-0.39, 0.29) is 0 Å². The molecule has 1 aromatic rings. The maximum absolute atomic E-state index is 6.45. The van der Waals surface area contributed by atoms with Crippen molar-refractivity contribution in [3.8, 4) is 11.5 Å². The van der Waals surface area contributed by atoms with E-state index in [1.165, 1.54) is 25.7 Å². The van der Waals surface area contributed by atoms with Gasteiger partial charge in [0.15, 0.2) is 11.5 Å². The van der Waals surface area contributed by atoms with E-state index in [1.54, 1.807) is 7.11 Å². The lowest BCUT2D eigenvalue weighted by molar-refractivity contribution is 0.282. The molecule has 1 atom stereocenters. The van der Waals surface area contributed by atoms with E-state index in [1.807, 2.05) is 24.3 Å². The van der Waals surface area contributed by atoms with Crippen molar-refractivity contribution in [2.24, 2.45) is 5.92 Å². The van der Waals surface area contributed by atoms with Crippen LogP contribution in [0.25, 0.3) is 0 Å². The second kappa shape index (κ2) is 7.64. The van der Waals surface area contributed by atoms with Gasteiger partial charge in [0.1, 0.15) is 0 Å². The molecule has 1 aliphatic carbocycles. The molecule has 2 rings (SSSR count). The van der Waals surface area contributed by atoms with Gasteiger partial charge in [-0.3, -0.25) is 0 Å². The van der Waals surface area contributed by atoms with E-state index in [0.29, 0.717) is 12.0 Å². The van der Waals surface area contributed by atoms with Crippen molar-refractivity contribution < 1.29 is 9.47 Å². The number of alkyl halides is 1. The van der Waals surface area contributed by atoms with Crippen molar-refractivity contribution in [1.82, 2.24) is 0 Å². The third-order valence-electron chi connectivity index (χ3n) is 3.86. The molecular weight excluding hydrogens is 260 g/mol. The SMILES string of the molecule is COc1ccccc1OCCCC(Cl)C1CCCC1. The summed E-state index contributed by atoms with van der Waals surface area (Å²) in [4.78, 5) is 0. The van der Waals surface area contributed by atoms with Gasteiger partial charge < -0.3 is 9.47 Å². The molecule has 0 bridgehead atoms. The summed E-state index contributed by atoms with van der Waals surface area (Å²) < 4.78 is 11.0. The summed E-state index contributed by atoms with van der Waals surface area (Å²) in [6.07, 6.45) is 7.37. The largest absolute Gasteiger partial charge is 0.493 e. The van der Waals surface area contributed by atoms with Gasteiger partial charge in [0, 0.05) is 5.38 Å². The van der Waals surface area contributed by atoms with Gasteiger partial charge in [-0.15, -0.1) is 11.6 Å². The molecule has 0 aromatic heterocycles. The molecule has 1 unspecified atom stereocenters. The molecule has 0 aliphatic heterocycles. The van der Waals surface area contributed by atoms with Crippen molar-refractivity contribution in [2.45, 2.75) is 43.9 Å². The fourth-order valence-corrected chi connectivity index (χ4v) is 3.16. The van der Waals surface area contributed by atoms with Crippen LogP contribution in [0.2, 0.25) is 0 Å². The van der Waals surface area contributed by atoms with Crippen molar-refractivity contribution >= 4 is 11.6 Å². The Morgan fingerprint density at radius 2 is 1.89 bits per heavy atom. The predicted octanol–water partition coefficient (Wildman–Crippen LogP) is 4.65. The lowest BCUT2D eigenvalue weighted by atomic mass is 10.0. The standard InChI is InChI=1S/C16H23ClO2/c1-18-15-10-4-5-11-16(15)19-12-6-9-14(17)13-7-2-3-8-13/h4-5,10-11,13-14H,2-3,6-9,12H2,1H3. The highest BCUT2D eigenvalue weighted by Gasteiger charge is 2.22. The fraction of sp³-hybridized carbons (Fsp3) is 0.625. The zero-order valence-corrected chi connectivity index (χ0v) is 12.4. The van der Waals surface area contributed by atoms with Gasteiger partial charge in [0.25, 0.3) is 0 Å².